The molecule has 2 rings (SSSR count). The standard InChI is InChI=1S/C19H17F2NO5/c20-14-7-6-13(15(21)9-14)8-17(23)22-16(19(25)26)10-18(24)27-11-12-4-2-1-3-5-12/h1-7,9,16H,8,10-11H2,(H,22,23)(H,25,26)/t16-/m1/s1. The van der Waals surface area contributed by atoms with Gasteiger partial charge in [-0.2, -0.15) is 0 Å². The van der Waals surface area contributed by atoms with E-state index in [0.29, 0.717) is 6.07 Å². The number of aliphatic carboxylic acids is 1. The molecule has 0 bridgehead atoms. The molecule has 0 saturated heterocycles. The second kappa shape index (κ2) is 9.42. The summed E-state index contributed by atoms with van der Waals surface area (Å²) >= 11 is 0. The first-order valence-electron chi connectivity index (χ1n) is 8.01. The number of carbonyl (C=O) groups excluding carboxylic acids is 2. The molecule has 0 aliphatic heterocycles. The molecule has 1 atom stereocenters. The van der Waals surface area contributed by atoms with E-state index in [1.165, 1.54) is 0 Å². The predicted octanol–water partition coefficient (Wildman–Crippen LogP) is 2.21. The summed E-state index contributed by atoms with van der Waals surface area (Å²) in [6.07, 6.45) is -1.07. The molecule has 2 aromatic rings. The van der Waals surface area contributed by atoms with Crippen molar-refractivity contribution in [2.24, 2.45) is 0 Å². The molecule has 0 heterocycles. The number of rotatable bonds is 8. The third-order valence-electron chi connectivity index (χ3n) is 3.61. The first-order chi connectivity index (χ1) is 12.8. The number of ether oxygens (including phenoxy) is 1. The zero-order chi connectivity index (χ0) is 19.8. The van der Waals surface area contributed by atoms with Crippen LogP contribution in [-0.4, -0.2) is 29.0 Å². The van der Waals surface area contributed by atoms with Crippen LogP contribution in [0, 0.1) is 11.6 Å². The van der Waals surface area contributed by atoms with Gasteiger partial charge in [0.1, 0.15) is 24.3 Å². The predicted molar refractivity (Wildman–Crippen MR) is 90.5 cm³/mol. The lowest BCUT2D eigenvalue weighted by Gasteiger charge is -2.14. The molecule has 1 amide bonds. The van der Waals surface area contributed by atoms with Crippen LogP contribution in [0.2, 0.25) is 0 Å². The molecule has 0 saturated carbocycles. The van der Waals surface area contributed by atoms with Crippen molar-refractivity contribution in [2.75, 3.05) is 0 Å². The van der Waals surface area contributed by atoms with E-state index in [1.54, 1.807) is 30.3 Å². The molecule has 2 N–H and O–H groups in total. The van der Waals surface area contributed by atoms with Gasteiger partial charge in [0.15, 0.2) is 0 Å². The topological polar surface area (TPSA) is 92.7 Å². The van der Waals surface area contributed by atoms with Crippen LogP contribution >= 0.6 is 0 Å². The fraction of sp³-hybridized carbons (Fsp3) is 0.211. The molecular weight excluding hydrogens is 360 g/mol. The molecule has 6 nitrogen and oxygen atoms in total. The van der Waals surface area contributed by atoms with Gasteiger partial charge in [0.05, 0.1) is 12.8 Å². The van der Waals surface area contributed by atoms with Crippen LogP contribution in [0.3, 0.4) is 0 Å². The Balaban J connectivity index is 1.89. The third-order valence-corrected chi connectivity index (χ3v) is 3.61. The Kier molecular flexibility index (Phi) is 6.99. The number of halogens is 2. The molecule has 142 valence electrons. The number of carboxylic acids is 1. The lowest BCUT2D eigenvalue weighted by Crippen LogP contribution is -2.43. The first-order valence-corrected chi connectivity index (χ1v) is 8.01. The van der Waals surface area contributed by atoms with Crippen molar-refractivity contribution >= 4 is 17.8 Å². The van der Waals surface area contributed by atoms with Gasteiger partial charge in [-0.3, -0.25) is 9.59 Å². The minimum absolute atomic E-state index is 0.0270. The van der Waals surface area contributed by atoms with Gasteiger partial charge in [0.2, 0.25) is 5.91 Å². The van der Waals surface area contributed by atoms with Gasteiger partial charge in [0, 0.05) is 6.07 Å². The Morgan fingerprint density at radius 2 is 1.78 bits per heavy atom. The normalized spacial score (nSPS) is 11.5. The minimum Gasteiger partial charge on any atom is -0.480 e. The molecule has 27 heavy (non-hydrogen) atoms. The van der Waals surface area contributed by atoms with Crippen molar-refractivity contribution in [1.82, 2.24) is 5.32 Å². The number of nitrogens with one attached hydrogen (secondary N) is 1. The number of carboxylic acid groups (broad SMARTS) is 1. The molecule has 0 aliphatic rings. The minimum atomic E-state index is -1.52. The molecule has 0 aliphatic carbocycles. The number of benzene rings is 2. The van der Waals surface area contributed by atoms with Crippen LogP contribution in [0.5, 0.6) is 0 Å². The summed E-state index contributed by atoms with van der Waals surface area (Å²) in [5.74, 6) is -4.76. The number of amides is 1. The van der Waals surface area contributed by atoms with Crippen LogP contribution in [0.25, 0.3) is 0 Å². The van der Waals surface area contributed by atoms with Gasteiger partial charge in [-0.05, 0) is 17.2 Å². The van der Waals surface area contributed by atoms with Gasteiger partial charge < -0.3 is 15.2 Å². The zero-order valence-corrected chi connectivity index (χ0v) is 14.2. The first kappa shape index (κ1) is 20.0. The Labute approximate surface area is 153 Å². The highest BCUT2D eigenvalue weighted by Gasteiger charge is 2.24. The Morgan fingerprint density at radius 1 is 1.07 bits per heavy atom. The van der Waals surface area contributed by atoms with E-state index < -0.39 is 48.4 Å². The summed E-state index contributed by atoms with van der Waals surface area (Å²) in [6.45, 7) is -0.0270. The Hall–Kier alpha value is -3.29. The van der Waals surface area contributed by atoms with Crippen molar-refractivity contribution in [3.8, 4) is 0 Å². The lowest BCUT2D eigenvalue weighted by molar-refractivity contribution is -0.151. The van der Waals surface area contributed by atoms with Crippen molar-refractivity contribution in [3.05, 3.63) is 71.3 Å². The smallest absolute Gasteiger partial charge is 0.326 e. The average Bonchev–Trinajstić information content (AvgIpc) is 2.62. The Morgan fingerprint density at radius 3 is 2.41 bits per heavy atom. The molecule has 0 unspecified atom stereocenters. The van der Waals surface area contributed by atoms with Crippen LogP contribution < -0.4 is 5.32 Å². The molecule has 0 aromatic heterocycles. The maximum atomic E-state index is 13.6. The highest BCUT2D eigenvalue weighted by Crippen LogP contribution is 2.10. The number of carbonyl (C=O) groups is 3. The zero-order valence-electron chi connectivity index (χ0n) is 14.2. The van der Waals surface area contributed by atoms with Crippen molar-refractivity contribution in [2.45, 2.75) is 25.5 Å². The number of hydrogen-bond acceptors (Lipinski definition) is 4. The lowest BCUT2D eigenvalue weighted by atomic mass is 10.1. The van der Waals surface area contributed by atoms with E-state index in [1.807, 2.05) is 0 Å². The fourth-order valence-electron chi connectivity index (χ4n) is 2.25. The van der Waals surface area contributed by atoms with Gasteiger partial charge >= 0.3 is 11.9 Å². The van der Waals surface area contributed by atoms with Crippen molar-refractivity contribution < 1.29 is 33.0 Å². The molecule has 2 aromatic carbocycles. The molecule has 0 radical (unpaired) electrons. The van der Waals surface area contributed by atoms with Crippen molar-refractivity contribution in [3.63, 3.8) is 0 Å². The molecule has 0 fully saturated rings. The molecule has 0 spiro atoms. The second-order valence-corrected chi connectivity index (χ2v) is 5.72. The fourth-order valence-corrected chi connectivity index (χ4v) is 2.25. The monoisotopic (exact) mass is 377 g/mol. The highest BCUT2D eigenvalue weighted by molar-refractivity contribution is 5.88. The van der Waals surface area contributed by atoms with E-state index in [-0.39, 0.29) is 12.2 Å². The summed E-state index contributed by atoms with van der Waals surface area (Å²) in [6, 6.07) is 9.97. The SMILES string of the molecule is O=C(Cc1ccc(F)cc1F)N[C@H](CC(=O)OCc1ccccc1)C(=O)O. The van der Waals surface area contributed by atoms with Crippen LogP contribution in [-0.2, 0) is 32.1 Å². The van der Waals surface area contributed by atoms with E-state index in [9.17, 15) is 23.2 Å². The summed E-state index contributed by atoms with van der Waals surface area (Å²) in [5.41, 5.74) is 0.637. The van der Waals surface area contributed by atoms with Gasteiger partial charge in [-0.15, -0.1) is 0 Å². The average molecular weight is 377 g/mol. The van der Waals surface area contributed by atoms with Crippen LogP contribution in [0.1, 0.15) is 17.5 Å². The second-order valence-electron chi connectivity index (χ2n) is 5.72. The van der Waals surface area contributed by atoms with Crippen molar-refractivity contribution in [1.29, 1.82) is 0 Å². The quantitative estimate of drug-likeness (QED) is 0.688. The summed E-state index contributed by atoms with van der Waals surface area (Å²) in [7, 11) is 0. The number of hydrogen-bond donors (Lipinski definition) is 2. The summed E-state index contributed by atoms with van der Waals surface area (Å²) in [5, 5.41) is 11.3. The largest absolute Gasteiger partial charge is 0.480 e. The van der Waals surface area contributed by atoms with E-state index >= 15 is 0 Å². The third kappa shape index (κ3) is 6.50. The summed E-state index contributed by atoms with van der Waals surface area (Å²) < 4.78 is 31.4. The van der Waals surface area contributed by atoms with Gasteiger partial charge in [-0.1, -0.05) is 36.4 Å². The van der Waals surface area contributed by atoms with E-state index in [0.717, 1.165) is 17.7 Å². The van der Waals surface area contributed by atoms with Gasteiger partial charge in [-0.25, -0.2) is 13.6 Å². The Bertz CT molecular complexity index is 826. The van der Waals surface area contributed by atoms with E-state index in [2.05, 4.69) is 5.32 Å². The van der Waals surface area contributed by atoms with Crippen LogP contribution in [0.15, 0.2) is 48.5 Å². The maximum Gasteiger partial charge on any atom is 0.326 e. The summed E-state index contributed by atoms with van der Waals surface area (Å²) in [4.78, 5) is 35.0. The van der Waals surface area contributed by atoms with E-state index in [4.69, 9.17) is 9.84 Å². The maximum absolute atomic E-state index is 13.6. The van der Waals surface area contributed by atoms with Crippen LogP contribution in [0.4, 0.5) is 8.78 Å². The van der Waals surface area contributed by atoms with Gasteiger partial charge in [0.25, 0.3) is 0 Å². The highest BCUT2D eigenvalue weighted by atomic mass is 19.1. The molecular formula is C19H17F2NO5. The number of esters is 1. The molecule has 8 heteroatoms.